The molecule has 1 amide bonds. The van der Waals surface area contributed by atoms with Crippen molar-refractivity contribution in [3.05, 3.63) is 82.0 Å². The summed E-state index contributed by atoms with van der Waals surface area (Å²) in [5.74, 6) is 0.998. The smallest absolute Gasteiger partial charge is 0.235 e. The summed E-state index contributed by atoms with van der Waals surface area (Å²) in [5, 5.41) is 13.8. The van der Waals surface area contributed by atoms with Gasteiger partial charge in [0.25, 0.3) is 0 Å². The third kappa shape index (κ3) is 4.52. The molecular weight excluding hydrogens is 432 g/mol. The number of amides is 1. The molecule has 0 spiro atoms. The lowest BCUT2D eigenvalue weighted by molar-refractivity contribution is -0.130. The molecule has 0 bridgehead atoms. The zero-order valence-corrected chi connectivity index (χ0v) is 18.8. The molecule has 0 atom stereocenters. The molecular formula is C26H22N4O2S. The molecule has 0 radical (unpaired) electrons. The van der Waals surface area contributed by atoms with Gasteiger partial charge in [-0.2, -0.15) is 10.2 Å². The van der Waals surface area contributed by atoms with E-state index in [1.54, 1.807) is 17.4 Å². The van der Waals surface area contributed by atoms with Gasteiger partial charge in [0, 0.05) is 37.1 Å². The van der Waals surface area contributed by atoms with Crippen molar-refractivity contribution in [2.45, 2.75) is 6.42 Å². The van der Waals surface area contributed by atoms with E-state index < -0.39 is 0 Å². The topological polar surface area (TPSA) is 73.4 Å². The van der Waals surface area contributed by atoms with Crippen molar-refractivity contribution < 1.29 is 9.21 Å². The number of carbonyl (C=O) groups excluding carboxylic acids is 1. The molecule has 4 aromatic rings. The van der Waals surface area contributed by atoms with Crippen molar-refractivity contribution in [3.63, 3.8) is 0 Å². The van der Waals surface area contributed by atoms with Gasteiger partial charge in [0.05, 0.1) is 6.42 Å². The lowest BCUT2D eigenvalue weighted by Gasteiger charge is -2.34. The van der Waals surface area contributed by atoms with Crippen LogP contribution in [0.4, 0.5) is 5.88 Å². The molecule has 2 aromatic heterocycles. The Hall–Kier alpha value is -3.89. The molecule has 5 rings (SSSR count). The predicted molar refractivity (Wildman–Crippen MR) is 131 cm³/mol. The maximum absolute atomic E-state index is 13.0. The molecule has 1 aliphatic heterocycles. The van der Waals surface area contributed by atoms with E-state index in [0.29, 0.717) is 44.4 Å². The number of thiophene rings is 1. The van der Waals surface area contributed by atoms with Crippen molar-refractivity contribution in [3.8, 4) is 6.07 Å². The number of hydrogen-bond donors (Lipinski definition) is 0. The Morgan fingerprint density at radius 1 is 1.06 bits per heavy atom. The van der Waals surface area contributed by atoms with E-state index in [9.17, 15) is 10.1 Å². The summed E-state index contributed by atoms with van der Waals surface area (Å²) in [4.78, 5) is 22.3. The highest BCUT2D eigenvalue weighted by Gasteiger charge is 2.26. The van der Waals surface area contributed by atoms with Crippen LogP contribution in [-0.4, -0.2) is 42.0 Å². The normalized spacial score (nSPS) is 14.2. The third-order valence-electron chi connectivity index (χ3n) is 5.81. The first kappa shape index (κ1) is 21.0. The van der Waals surface area contributed by atoms with Crippen LogP contribution in [0.15, 0.2) is 64.4 Å². The summed E-state index contributed by atoms with van der Waals surface area (Å²) < 4.78 is 5.89. The second kappa shape index (κ2) is 9.31. The minimum Gasteiger partial charge on any atom is -0.420 e. The van der Waals surface area contributed by atoms with Crippen LogP contribution in [0.1, 0.15) is 22.0 Å². The number of fused-ring (bicyclic) bond motifs is 1. The number of nitriles is 1. The zero-order chi connectivity index (χ0) is 22.6. The van der Waals surface area contributed by atoms with E-state index in [1.807, 2.05) is 57.7 Å². The Bertz CT molecular complexity index is 1340. The fourth-order valence-electron chi connectivity index (χ4n) is 4.11. The van der Waals surface area contributed by atoms with Gasteiger partial charge in [-0.15, -0.1) is 11.3 Å². The van der Waals surface area contributed by atoms with Crippen molar-refractivity contribution in [1.29, 1.82) is 5.26 Å². The number of aromatic nitrogens is 1. The van der Waals surface area contributed by atoms with E-state index in [0.717, 1.165) is 21.2 Å². The van der Waals surface area contributed by atoms with Crippen LogP contribution >= 0.6 is 11.3 Å². The lowest BCUT2D eigenvalue weighted by atomic mass is 10.0. The molecule has 0 saturated carbocycles. The molecule has 6 nitrogen and oxygen atoms in total. The standard InChI is InChI=1S/C26H22N4O2S/c27-18-23-26(32-24(28-23)11-10-21-8-4-16-33-21)30-14-12-29(13-15-30)25(31)17-20-7-3-6-19-5-1-2-9-22(19)20/h1-11,16H,12-15,17H2. The first-order chi connectivity index (χ1) is 16.2. The molecule has 7 heteroatoms. The minimum absolute atomic E-state index is 0.114. The van der Waals surface area contributed by atoms with Crippen LogP contribution < -0.4 is 4.90 Å². The van der Waals surface area contributed by atoms with Gasteiger partial charge in [0.2, 0.25) is 23.4 Å². The Morgan fingerprint density at radius 2 is 1.88 bits per heavy atom. The van der Waals surface area contributed by atoms with Gasteiger partial charge >= 0.3 is 0 Å². The summed E-state index contributed by atoms with van der Waals surface area (Å²) in [6, 6.07) is 20.3. The second-order valence-electron chi connectivity index (χ2n) is 7.85. The Kier molecular flexibility index (Phi) is 5.92. The van der Waals surface area contributed by atoms with E-state index in [1.165, 1.54) is 0 Å². The Balaban J connectivity index is 1.24. The highest BCUT2D eigenvalue weighted by Crippen LogP contribution is 2.25. The Morgan fingerprint density at radius 3 is 2.67 bits per heavy atom. The summed E-state index contributed by atoms with van der Waals surface area (Å²) in [6.07, 6.45) is 4.08. The quantitative estimate of drug-likeness (QED) is 0.432. The van der Waals surface area contributed by atoms with Gasteiger partial charge in [-0.25, -0.2) is 0 Å². The predicted octanol–water partition coefficient (Wildman–Crippen LogP) is 4.82. The second-order valence-corrected chi connectivity index (χ2v) is 8.83. The molecule has 0 N–H and O–H groups in total. The number of anilines is 1. The van der Waals surface area contributed by atoms with Crippen LogP contribution in [-0.2, 0) is 11.2 Å². The fraction of sp³-hybridized carbons (Fsp3) is 0.192. The van der Waals surface area contributed by atoms with Gasteiger partial charge in [-0.1, -0.05) is 48.5 Å². The van der Waals surface area contributed by atoms with E-state index in [-0.39, 0.29) is 11.6 Å². The van der Waals surface area contributed by atoms with Crippen LogP contribution in [0, 0.1) is 11.3 Å². The Labute approximate surface area is 196 Å². The van der Waals surface area contributed by atoms with Gasteiger partial charge in [-0.05, 0) is 33.9 Å². The van der Waals surface area contributed by atoms with Gasteiger partial charge < -0.3 is 14.2 Å². The van der Waals surface area contributed by atoms with Gasteiger partial charge in [0.1, 0.15) is 6.07 Å². The van der Waals surface area contributed by atoms with Crippen LogP contribution in [0.5, 0.6) is 0 Å². The molecule has 1 aliphatic rings. The van der Waals surface area contributed by atoms with E-state index in [4.69, 9.17) is 4.42 Å². The number of benzene rings is 2. The maximum atomic E-state index is 13.0. The molecule has 1 saturated heterocycles. The fourth-order valence-corrected chi connectivity index (χ4v) is 4.72. The molecule has 164 valence electrons. The highest BCUT2D eigenvalue weighted by molar-refractivity contribution is 7.10. The number of carbonyl (C=O) groups is 1. The number of nitrogens with zero attached hydrogens (tertiary/aromatic N) is 4. The summed E-state index contributed by atoms with van der Waals surface area (Å²) in [7, 11) is 0. The van der Waals surface area contributed by atoms with Crippen molar-refractivity contribution in [2.75, 3.05) is 31.1 Å². The highest BCUT2D eigenvalue weighted by atomic mass is 32.1. The van der Waals surface area contributed by atoms with Gasteiger partial charge in [-0.3, -0.25) is 4.79 Å². The van der Waals surface area contributed by atoms with Crippen LogP contribution in [0.2, 0.25) is 0 Å². The zero-order valence-electron chi connectivity index (χ0n) is 18.0. The average molecular weight is 455 g/mol. The molecule has 0 aliphatic carbocycles. The average Bonchev–Trinajstić information content (AvgIpc) is 3.53. The van der Waals surface area contributed by atoms with E-state index in [2.05, 4.69) is 29.3 Å². The molecule has 0 unspecified atom stereocenters. The van der Waals surface area contributed by atoms with Crippen LogP contribution in [0.25, 0.3) is 22.9 Å². The summed E-state index contributed by atoms with van der Waals surface area (Å²) >= 11 is 1.62. The van der Waals surface area contributed by atoms with Gasteiger partial charge in [0.15, 0.2) is 0 Å². The number of hydrogen-bond acceptors (Lipinski definition) is 6. The lowest BCUT2D eigenvalue weighted by Crippen LogP contribution is -2.49. The molecule has 1 fully saturated rings. The largest absolute Gasteiger partial charge is 0.420 e. The molecule has 3 heterocycles. The summed E-state index contributed by atoms with van der Waals surface area (Å²) in [6.45, 7) is 2.35. The number of piperazine rings is 1. The molecule has 33 heavy (non-hydrogen) atoms. The number of rotatable bonds is 5. The molecule has 2 aromatic carbocycles. The van der Waals surface area contributed by atoms with Crippen LogP contribution in [0.3, 0.4) is 0 Å². The minimum atomic E-state index is 0.114. The SMILES string of the molecule is N#Cc1nc(C=Cc2cccs2)oc1N1CCN(C(=O)Cc2cccc3ccccc23)CC1. The van der Waals surface area contributed by atoms with Crippen molar-refractivity contribution >= 4 is 46.1 Å². The van der Waals surface area contributed by atoms with Crippen molar-refractivity contribution in [1.82, 2.24) is 9.88 Å². The monoisotopic (exact) mass is 454 g/mol. The maximum Gasteiger partial charge on any atom is 0.235 e. The first-order valence-corrected chi connectivity index (χ1v) is 11.7. The van der Waals surface area contributed by atoms with Crippen molar-refractivity contribution in [2.24, 2.45) is 0 Å². The first-order valence-electron chi connectivity index (χ1n) is 10.8. The van der Waals surface area contributed by atoms with E-state index >= 15 is 0 Å². The third-order valence-corrected chi connectivity index (χ3v) is 6.64. The summed E-state index contributed by atoms with van der Waals surface area (Å²) in [5.41, 5.74) is 1.32. The number of oxazole rings is 1.